The number of hydrogen-bond donors (Lipinski definition) is 0. The largest absolute Gasteiger partial charge is 0.342 e. The summed E-state index contributed by atoms with van der Waals surface area (Å²) in [6, 6.07) is 0. The lowest BCUT2D eigenvalue weighted by atomic mass is 9.97. The van der Waals surface area contributed by atoms with Crippen LogP contribution in [0.3, 0.4) is 0 Å². The van der Waals surface area contributed by atoms with Crippen molar-refractivity contribution in [2.45, 2.75) is 19.3 Å². The zero-order valence-corrected chi connectivity index (χ0v) is 13.9. The van der Waals surface area contributed by atoms with Crippen LogP contribution < -0.4 is 0 Å². The van der Waals surface area contributed by atoms with Gasteiger partial charge in [-0.25, -0.2) is 3.11 Å². The molecule has 1 atom stereocenters. The van der Waals surface area contributed by atoms with Gasteiger partial charge in [0.05, 0.1) is 0 Å². The highest BCUT2D eigenvalue weighted by atomic mass is 127. The van der Waals surface area contributed by atoms with Crippen LogP contribution in [0.25, 0.3) is 0 Å². The van der Waals surface area contributed by atoms with Crippen molar-refractivity contribution in [3.63, 3.8) is 0 Å². The molecule has 0 spiro atoms. The van der Waals surface area contributed by atoms with Crippen LogP contribution in [0.15, 0.2) is 0 Å². The summed E-state index contributed by atoms with van der Waals surface area (Å²) in [6.07, 6.45) is 2.76. The molecule has 2 aliphatic heterocycles. The maximum absolute atomic E-state index is 12.3. The number of likely N-dealkylation sites (tertiary alicyclic amines) is 1. The van der Waals surface area contributed by atoms with Crippen LogP contribution in [0.4, 0.5) is 0 Å². The lowest BCUT2D eigenvalue weighted by Crippen LogP contribution is -2.39. The molecule has 0 N–H and O–H groups in total. The zero-order valence-electron chi connectivity index (χ0n) is 9.57. The van der Waals surface area contributed by atoms with Crippen molar-refractivity contribution >= 4 is 55.2 Å². The lowest BCUT2D eigenvalue weighted by Gasteiger charge is -2.29. The molecule has 0 saturated carbocycles. The Morgan fingerprint density at radius 1 is 1.00 bits per heavy atom. The topological polar surface area (TPSA) is 40.6 Å². The molecule has 96 valence electrons. The van der Waals surface area contributed by atoms with Crippen molar-refractivity contribution in [3.8, 4) is 0 Å². The van der Waals surface area contributed by atoms with Gasteiger partial charge in [0, 0.05) is 60.9 Å². The summed E-state index contributed by atoms with van der Waals surface area (Å²) >= 11 is 4.16. The van der Waals surface area contributed by atoms with Crippen molar-refractivity contribution in [3.05, 3.63) is 0 Å². The standard InChI is InChI=1S/C11H16I2N2O2/c12-10(16)9-1-4-14(7-9)11(17)8-2-5-15(13)6-3-8/h8-9H,1-7H2. The van der Waals surface area contributed by atoms with E-state index in [1.165, 1.54) is 0 Å². The Morgan fingerprint density at radius 2 is 1.59 bits per heavy atom. The first-order chi connectivity index (χ1) is 8.08. The van der Waals surface area contributed by atoms with Crippen LogP contribution >= 0.6 is 45.5 Å². The molecule has 6 heteroatoms. The van der Waals surface area contributed by atoms with Gasteiger partial charge in [0.15, 0.2) is 3.79 Å². The molecule has 2 aliphatic rings. The summed E-state index contributed by atoms with van der Waals surface area (Å²) in [5.41, 5.74) is 0. The highest BCUT2D eigenvalue weighted by molar-refractivity contribution is 14.1. The normalized spacial score (nSPS) is 27.4. The molecule has 4 nitrogen and oxygen atoms in total. The van der Waals surface area contributed by atoms with Gasteiger partial charge in [-0.1, -0.05) is 0 Å². The van der Waals surface area contributed by atoms with Crippen molar-refractivity contribution in [1.29, 1.82) is 0 Å². The van der Waals surface area contributed by atoms with E-state index < -0.39 is 0 Å². The summed E-state index contributed by atoms with van der Waals surface area (Å²) in [4.78, 5) is 25.4. The van der Waals surface area contributed by atoms with Crippen LogP contribution in [0.2, 0.25) is 0 Å². The molecule has 0 radical (unpaired) electrons. The van der Waals surface area contributed by atoms with E-state index >= 15 is 0 Å². The molecule has 17 heavy (non-hydrogen) atoms. The summed E-state index contributed by atoms with van der Waals surface area (Å²) in [5.74, 6) is 0.531. The van der Waals surface area contributed by atoms with E-state index in [4.69, 9.17) is 0 Å². The van der Waals surface area contributed by atoms with Gasteiger partial charge in [-0.15, -0.1) is 0 Å². The third-order valence-electron chi connectivity index (χ3n) is 3.61. The Hall–Kier alpha value is 0.560. The van der Waals surface area contributed by atoms with Gasteiger partial charge in [-0.2, -0.15) is 0 Å². The SMILES string of the molecule is O=C(I)C1CCN(C(=O)C2CCN(I)CC2)C1. The van der Waals surface area contributed by atoms with Gasteiger partial charge < -0.3 is 4.90 Å². The van der Waals surface area contributed by atoms with E-state index in [9.17, 15) is 9.59 Å². The van der Waals surface area contributed by atoms with Crippen LogP contribution in [-0.2, 0) is 9.59 Å². The van der Waals surface area contributed by atoms with E-state index in [1.807, 2.05) is 27.5 Å². The van der Waals surface area contributed by atoms with E-state index in [1.54, 1.807) is 0 Å². The first-order valence-corrected chi connectivity index (χ1v) is 8.01. The van der Waals surface area contributed by atoms with Gasteiger partial charge in [-0.3, -0.25) is 9.59 Å². The van der Waals surface area contributed by atoms with E-state index in [0.29, 0.717) is 6.54 Å². The highest BCUT2D eigenvalue weighted by Gasteiger charge is 2.34. The molecule has 0 aromatic rings. The summed E-state index contributed by atoms with van der Waals surface area (Å²) in [7, 11) is 0. The Morgan fingerprint density at radius 3 is 2.12 bits per heavy atom. The van der Waals surface area contributed by atoms with Crippen molar-refractivity contribution in [2.24, 2.45) is 11.8 Å². The quantitative estimate of drug-likeness (QED) is 0.358. The van der Waals surface area contributed by atoms with Gasteiger partial charge in [0.1, 0.15) is 0 Å². The fourth-order valence-corrected chi connectivity index (χ4v) is 3.56. The molecular formula is C11H16I2N2O2. The zero-order chi connectivity index (χ0) is 12.4. The monoisotopic (exact) mass is 462 g/mol. The highest BCUT2D eigenvalue weighted by Crippen LogP contribution is 2.26. The van der Waals surface area contributed by atoms with Crippen LogP contribution in [0.5, 0.6) is 0 Å². The van der Waals surface area contributed by atoms with Gasteiger partial charge in [0.2, 0.25) is 5.91 Å². The van der Waals surface area contributed by atoms with E-state index in [0.717, 1.165) is 38.9 Å². The van der Waals surface area contributed by atoms with Crippen molar-refractivity contribution in [1.82, 2.24) is 8.01 Å². The second-order valence-electron chi connectivity index (χ2n) is 4.76. The molecule has 0 bridgehead atoms. The van der Waals surface area contributed by atoms with Gasteiger partial charge in [-0.05, 0) is 41.9 Å². The number of rotatable bonds is 2. The minimum atomic E-state index is 0.0733. The number of carbonyl (C=O) groups is 2. The second kappa shape index (κ2) is 6.14. The minimum absolute atomic E-state index is 0.0733. The van der Waals surface area contributed by atoms with Gasteiger partial charge in [0.25, 0.3) is 0 Å². The fraction of sp³-hybridized carbons (Fsp3) is 0.818. The van der Waals surface area contributed by atoms with E-state index in [2.05, 4.69) is 26.0 Å². The predicted molar refractivity (Wildman–Crippen MR) is 82.0 cm³/mol. The predicted octanol–water partition coefficient (Wildman–Crippen LogP) is 1.86. The van der Waals surface area contributed by atoms with Crippen molar-refractivity contribution in [2.75, 3.05) is 26.2 Å². The Labute approximate surface area is 129 Å². The maximum Gasteiger partial charge on any atom is 0.225 e. The Kier molecular flexibility index (Phi) is 5.05. The molecule has 1 unspecified atom stereocenters. The fourth-order valence-electron chi connectivity index (χ4n) is 2.50. The number of hydrogen-bond acceptors (Lipinski definition) is 3. The molecular weight excluding hydrogens is 446 g/mol. The van der Waals surface area contributed by atoms with Crippen LogP contribution in [-0.4, -0.2) is 43.9 Å². The average molecular weight is 462 g/mol. The molecule has 2 fully saturated rings. The maximum atomic E-state index is 12.3. The smallest absolute Gasteiger partial charge is 0.225 e. The average Bonchev–Trinajstić information content (AvgIpc) is 2.78. The molecule has 0 aromatic heterocycles. The molecule has 2 saturated heterocycles. The molecule has 2 rings (SSSR count). The van der Waals surface area contributed by atoms with Gasteiger partial charge >= 0.3 is 0 Å². The number of carbonyl (C=O) groups excluding carboxylic acids is 2. The first-order valence-electron chi connectivity index (χ1n) is 5.97. The summed E-state index contributed by atoms with van der Waals surface area (Å²) in [5, 5.41) is 0. The number of nitrogens with zero attached hydrogens (tertiary/aromatic N) is 2. The third-order valence-corrected chi connectivity index (χ3v) is 5.46. The van der Waals surface area contributed by atoms with Crippen LogP contribution in [0.1, 0.15) is 19.3 Å². The Balaban J connectivity index is 1.86. The molecule has 2 heterocycles. The van der Waals surface area contributed by atoms with E-state index in [-0.39, 0.29) is 21.5 Å². The summed E-state index contributed by atoms with van der Waals surface area (Å²) < 4.78 is 2.43. The number of amides is 1. The number of halogens is 2. The molecule has 0 aliphatic carbocycles. The first kappa shape index (κ1) is 14.0. The van der Waals surface area contributed by atoms with Crippen molar-refractivity contribution < 1.29 is 9.59 Å². The molecule has 0 aromatic carbocycles. The minimum Gasteiger partial charge on any atom is -0.342 e. The van der Waals surface area contributed by atoms with Crippen LogP contribution in [0, 0.1) is 11.8 Å². The third kappa shape index (κ3) is 3.52. The number of piperidine rings is 1. The lowest BCUT2D eigenvalue weighted by molar-refractivity contribution is -0.135. The summed E-state index contributed by atoms with van der Waals surface area (Å²) in [6.45, 7) is 3.41. The Bertz CT molecular complexity index is 317. The second-order valence-corrected chi connectivity index (χ2v) is 7.19. The molecule has 1 amide bonds.